The van der Waals surface area contributed by atoms with Gasteiger partial charge in [0.2, 0.25) is 0 Å². The van der Waals surface area contributed by atoms with Crippen LogP contribution in [0.25, 0.3) is 0 Å². The van der Waals surface area contributed by atoms with Gasteiger partial charge in [-0.15, -0.1) is 0 Å². The van der Waals surface area contributed by atoms with Crippen molar-refractivity contribution >= 4 is 38.6 Å². The summed E-state index contributed by atoms with van der Waals surface area (Å²) in [4.78, 5) is 22.4. The van der Waals surface area contributed by atoms with Gasteiger partial charge in [-0.3, -0.25) is 9.59 Å². The number of benzene rings is 1. The van der Waals surface area contributed by atoms with E-state index in [0.29, 0.717) is 6.42 Å². The van der Waals surface area contributed by atoms with E-state index in [4.69, 9.17) is 0 Å². The van der Waals surface area contributed by atoms with Crippen molar-refractivity contribution in [1.29, 1.82) is 0 Å². The Kier molecular flexibility index (Phi) is 5.77. The van der Waals surface area contributed by atoms with E-state index in [-0.39, 0.29) is 10.9 Å². The maximum atomic E-state index is 11.7. The molecule has 0 heterocycles. The van der Waals surface area contributed by atoms with Crippen LogP contribution >= 0.6 is 27.7 Å². The smallest absolute Gasteiger partial charge is 0.185 e. The highest BCUT2D eigenvalue weighted by atomic mass is 79.9. The minimum absolute atomic E-state index is 0.107. The molecule has 1 aromatic carbocycles. The van der Waals surface area contributed by atoms with Crippen LogP contribution in [0.4, 0.5) is 0 Å². The van der Waals surface area contributed by atoms with Gasteiger partial charge in [0.15, 0.2) is 10.9 Å². The van der Waals surface area contributed by atoms with Gasteiger partial charge in [0.25, 0.3) is 0 Å². The molecule has 0 saturated carbocycles. The van der Waals surface area contributed by atoms with Gasteiger partial charge >= 0.3 is 0 Å². The number of carbonyl (C=O) groups is 2. The van der Waals surface area contributed by atoms with Crippen LogP contribution in [-0.2, 0) is 4.79 Å². The summed E-state index contributed by atoms with van der Waals surface area (Å²) in [6.45, 7) is 1.54. The summed E-state index contributed by atoms with van der Waals surface area (Å²) in [5.74, 6) is 0.856. The molecule has 0 aromatic heterocycles. The van der Waals surface area contributed by atoms with Crippen molar-refractivity contribution in [1.82, 2.24) is 0 Å². The van der Waals surface area contributed by atoms with Gasteiger partial charge in [-0.2, -0.15) is 0 Å². The van der Waals surface area contributed by atoms with Crippen LogP contribution in [0.15, 0.2) is 28.7 Å². The molecule has 0 fully saturated rings. The molecule has 86 valence electrons. The third-order valence-corrected chi connectivity index (χ3v) is 3.45. The van der Waals surface area contributed by atoms with Crippen molar-refractivity contribution < 1.29 is 9.59 Å². The van der Waals surface area contributed by atoms with Crippen molar-refractivity contribution in [3.8, 4) is 0 Å². The van der Waals surface area contributed by atoms with Gasteiger partial charge in [0.05, 0.1) is 0 Å². The van der Waals surface area contributed by atoms with Crippen LogP contribution in [0.5, 0.6) is 0 Å². The number of hydrogen-bond acceptors (Lipinski definition) is 3. The third kappa shape index (κ3) is 4.94. The molecule has 0 saturated heterocycles. The van der Waals surface area contributed by atoms with Crippen LogP contribution < -0.4 is 0 Å². The Balaban J connectivity index is 2.35. The molecule has 0 unspecified atom stereocenters. The van der Waals surface area contributed by atoms with Gasteiger partial charge in [0, 0.05) is 29.1 Å². The predicted octanol–water partition coefficient (Wildman–Crippen LogP) is 3.69. The molecular weight excluding hydrogens is 288 g/mol. The molecule has 0 radical (unpaired) electrons. The van der Waals surface area contributed by atoms with E-state index in [2.05, 4.69) is 15.9 Å². The number of carbonyl (C=O) groups excluding carboxylic acids is 2. The fourth-order valence-electron chi connectivity index (χ4n) is 1.23. The Labute approximate surface area is 108 Å². The number of hydrogen-bond donors (Lipinski definition) is 0. The zero-order valence-corrected chi connectivity index (χ0v) is 11.4. The summed E-state index contributed by atoms with van der Waals surface area (Å²) in [6.07, 6.45) is 1.25. The normalized spacial score (nSPS) is 10.1. The van der Waals surface area contributed by atoms with E-state index < -0.39 is 0 Å². The Hall–Kier alpha value is -0.610. The van der Waals surface area contributed by atoms with Crippen molar-refractivity contribution in [2.45, 2.75) is 19.8 Å². The Bertz CT molecular complexity index is 373. The topological polar surface area (TPSA) is 34.1 Å². The van der Waals surface area contributed by atoms with Gasteiger partial charge < -0.3 is 0 Å². The molecule has 0 aliphatic rings. The molecule has 0 amide bonds. The van der Waals surface area contributed by atoms with Gasteiger partial charge in [-0.25, -0.2) is 0 Å². The Morgan fingerprint density at radius 3 is 2.44 bits per heavy atom. The summed E-state index contributed by atoms with van der Waals surface area (Å²) in [7, 11) is 0. The number of Topliss-reactive ketones (excluding diaryl/α,β-unsaturated/α-hetero) is 1. The van der Waals surface area contributed by atoms with Gasteiger partial charge in [-0.1, -0.05) is 39.8 Å². The van der Waals surface area contributed by atoms with Gasteiger partial charge in [-0.05, 0) is 18.6 Å². The van der Waals surface area contributed by atoms with E-state index in [1.165, 1.54) is 11.8 Å². The van der Waals surface area contributed by atoms with Crippen molar-refractivity contribution in [3.05, 3.63) is 34.3 Å². The second-order valence-electron chi connectivity index (χ2n) is 3.37. The van der Waals surface area contributed by atoms with Crippen molar-refractivity contribution in [2.75, 3.05) is 5.75 Å². The van der Waals surface area contributed by atoms with E-state index in [9.17, 15) is 9.59 Å². The first-order valence-corrected chi connectivity index (χ1v) is 6.79. The SMILES string of the molecule is CC(=O)SCCCC(=O)c1ccc(Br)cc1. The lowest BCUT2D eigenvalue weighted by molar-refractivity contribution is -0.109. The second-order valence-corrected chi connectivity index (χ2v) is 5.56. The zero-order chi connectivity index (χ0) is 12.0. The zero-order valence-electron chi connectivity index (χ0n) is 9.03. The van der Waals surface area contributed by atoms with Crippen LogP contribution in [-0.4, -0.2) is 16.7 Å². The molecule has 0 atom stereocenters. The third-order valence-electron chi connectivity index (χ3n) is 2.02. The Morgan fingerprint density at radius 1 is 1.25 bits per heavy atom. The molecule has 16 heavy (non-hydrogen) atoms. The van der Waals surface area contributed by atoms with E-state index in [1.807, 2.05) is 24.3 Å². The fourth-order valence-corrected chi connectivity index (χ4v) is 2.07. The molecular formula is C12H13BrO2S. The average molecular weight is 301 g/mol. The van der Waals surface area contributed by atoms with E-state index in [1.54, 1.807) is 6.92 Å². The summed E-state index contributed by atoms with van der Waals surface area (Å²) in [6, 6.07) is 7.34. The highest BCUT2D eigenvalue weighted by Gasteiger charge is 2.05. The first-order valence-electron chi connectivity index (χ1n) is 5.01. The minimum atomic E-state index is 0.107. The highest BCUT2D eigenvalue weighted by molar-refractivity contribution is 9.10. The molecule has 1 rings (SSSR count). The minimum Gasteiger partial charge on any atom is -0.294 e. The van der Waals surface area contributed by atoms with E-state index >= 15 is 0 Å². The largest absolute Gasteiger partial charge is 0.294 e. The molecule has 0 spiro atoms. The molecule has 1 aromatic rings. The number of ketones is 1. The fraction of sp³-hybridized carbons (Fsp3) is 0.333. The summed E-state index contributed by atoms with van der Waals surface area (Å²) >= 11 is 4.59. The van der Waals surface area contributed by atoms with Crippen LogP contribution in [0.2, 0.25) is 0 Å². The molecule has 0 aliphatic carbocycles. The first-order chi connectivity index (χ1) is 7.59. The summed E-state index contributed by atoms with van der Waals surface area (Å²) < 4.78 is 0.969. The summed E-state index contributed by atoms with van der Waals surface area (Å²) in [5.41, 5.74) is 0.732. The van der Waals surface area contributed by atoms with Crippen LogP contribution in [0.1, 0.15) is 30.1 Å². The molecule has 0 aliphatic heterocycles. The predicted molar refractivity (Wildman–Crippen MR) is 70.8 cm³/mol. The lowest BCUT2D eigenvalue weighted by atomic mass is 10.1. The van der Waals surface area contributed by atoms with Crippen LogP contribution in [0.3, 0.4) is 0 Å². The monoisotopic (exact) mass is 300 g/mol. The molecule has 0 N–H and O–H groups in total. The lowest BCUT2D eigenvalue weighted by Gasteiger charge is -2.00. The highest BCUT2D eigenvalue weighted by Crippen LogP contribution is 2.13. The Morgan fingerprint density at radius 2 is 1.88 bits per heavy atom. The number of halogens is 1. The average Bonchev–Trinajstić information content (AvgIpc) is 2.25. The molecule has 2 nitrogen and oxygen atoms in total. The van der Waals surface area contributed by atoms with Crippen molar-refractivity contribution in [3.63, 3.8) is 0 Å². The van der Waals surface area contributed by atoms with Gasteiger partial charge in [0.1, 0.15) is 0 Å². The van der Waals surface area contributed by atoms with E-state index in [0.717, 1.165) is 22.2 Å². The molecule has 0 bridgehead atoms. The second kappa shape index (κ2) is 6.86. The lowest BCUT2D eigenvalue weighted by Crippen LogP contribution is -1.99. The standard InChI is InChI=1S/C12H13BrO2S/c1-9(14)16-8-2-3-12(15)10-4-6-11(13)7-5-10/h4-7H,2-3,8H2,1H3. The molecule has 4 heteroatoms. The quantitative estimate of drug-likeness (QED) is 0.614. The summed E-state index contributed by atoms with van der Waals surface area (Å²) in [5, 5.41) is 0.107. The number of rotatable bonds is 5. The maximum absolute atomic E-state index is 11.7. The number of thioether (sulfide) groups is 1. The first kappa shape index (κ1) is 13.5. The van der Waals surface area contributed by atoms with Crippen molar-refractivity contribution in [2.24, 2.45) is 0 Å². The van der Waals surface area contributed by atoms with Crippen LogP contribution in [0, 0.1) is 0 Å². The maximum Gasteiger partial charge on any atom is 0.185 e.